The Bertz CT molecular complexity index is 1200. The monoisotopic (exact) mass is 437 g/mol. The quantitative estimate of drug-likeness (QED) is 0.359. The van der Waals surface area contributed by atoms with Crippen molar-refractivity contribution < 1.29 is 4.79 Å². The fourth-order valence-corrected chi connectivity index (χ4v) is 4.14. The molecule has 0 radical (unpaired) electrons. The minimum absolute atomic E-state index is 0.0113. The number of aromatic nitrogens is 2. The van der Waals surface area contributed by atoms with E-state index < -0.39 is 0 Å². The third kappa shape index (κ3) is 3.93. The Kier molecular flexibility index (Phi) is 5.80. The number of fused-ring (bicyclic) bond motifs is 1. The smallest absolute Gasteiger partial charge is 0.247 e. The number of imidazole rings is 1. The minimum atomic E-state index is -0.0225. The molecule has 0 atom stereocenters. The van der Waals surface area contributed by atoms with Crippen LogP contribution in [0.2, 0.25) is 10.0 Å². The van der Waals surface area contributed by atoms with E-state index >= 15 is 0 Å². The van der Waals surface area contributed by atoms with Crippen LogP contribution in [-0.4, -0.2) is 21.5 Å². The zero-order valence-corrected chi connectivity index (χ0v) is 18.2. The molecule has 30 heavy (non-hydrogen) atoms. The molecule has 3 aromatic carbocycles. The van der Waals surface area contributed by atoms with Crippen molar-refractivity contribution in [1.29, 1.82) is 0 Å². The first-order valence-electron chi connectivity index (χ1n) is 9.73. The highest BCUT2D eigenvalue weighted by molar-refractivity contribution is 6.36. The SMILES string of the molecule is CC(C)N(C(=O)Cn1c(-c2ccc(Cl)cc2Cl)nc2ccccc21)c1ccccc1. The zero-order valence-electron chi connectivity index (χ0n) is 16.7. The van der Waals surface area contributed by atoms with E-state index in [0.29, 0.717) is 15.9 Å². The van der Waals surface area contributed by atoms with Crippen molar-refractivity contribution in [2.45, 2.75) is 26.4 Å². The molecule has 0 fully saturated rings. The molecule has 0 saturated carbocycles. The molecule has 6 heteroatoms. The third-order valence-corrected chi connectivity index (χ3v) is 5.49. The summed E-state index contributed by atoms with van der Waals surface area (Å²) in [5.74, 6) is 0.619. The van der Waals surface area contributed by atoms with Crippen LogP contribution in [0.3, 0.4) is 0 Å². The minimum Gasteiger partial charge on any atom is -0.314 e. The van der Waals surface area contributed by atoms with E-state index in [1.807, 2.05) is 84.0 Å². The highest BCUT2D eigenvalue weighted by Crippen LogP contribution is 2.32. The molecule has 4 rings (SSSR count). The lowest BCUT2D eigenvalue weighted by atomic mass is 10.2. The van der Waals surface area contributed by atoms with Gasteiger partial charge in [-0.25, -0.2) is 4.98 Å². The van der Waals surface area contributed by atoms with Gasteiger partial charge in [0.05, 0.1) is 16.1 Å². The summed E-state index contributed by atoms with van der Waals surface area (Å²) < 4.78 is 1.92. The van der Waals surface area contributed by atoms with Gasteiger partial charge >= 0.3 is 0 Å². The molecular weight excluding hydrogens is 417 g/mol. The van der Waals surface area contributed by atoms with Crippen molar-refractivity contribution in [3.63, 3.8) is 0 Å². The number of nitrogens with zero attached hydrogens (tertiary/aromatic N) is 3. The molecule has 1 aromatic heterocycles. The lowest BCUT2D eigenvalue weighted by Gasteiger charge is -2.27. The van der Waals surface area contributed by atoms with Crippen LogP contribution in [-0.2, 0) is 11.3 Å². The molecule has 0 unspecified atom stereocenters. The van der Waals surface area contributed by atoms with Crippen LogP contribution >= 0.6 is 23.2 Å². The molecule has 152 valence electrons. The normalized spacial score (nSPS) is 11.2. The maximum Gasteiger partial charge on any atom is 0.247 e. The molecule has 0 bridgehead atoms. The van der Waals surface area contributed by atoms with Crippen LogP contribution in [0, 0.1) is 0 Å². The van der Waals surface area contributed by atoms with Gasteiger partial charge in [0.25, 0.3) is 0 Å². The number of para-hydroxylation sites is 3. The summed E-state index contributed by atoms with van der Waals surface area (Å²) in [4.78, 5) is 20.0. The second-order valence-electron chi connectivity index (χ2n) is 7.33. The van der Waals surface area contributed by atoms with Gasteiger partial charge in [-0.2, -0.15) is 0 Å². The number of hydrogen-bond acceptors (Lipinski definition) is 2. The number of rotatable bonds is 5. The van der Waals surface area contributed by atoms with Crippen molar-refractivity contribution in [3.8, 4) is 11.4 Å². The number of halogens is 2. The Morgan fingerprint density at radius 3 is 2.40 bits per heavy atom. The molecule has 0 saturated heterocycles. The highest BCUT2D eigenvalue weighted by Gasteiger charge is 2.23. The largest absolute Gasteiger partial charge is 0.314 e. The van der Waals surface area contributed by atoms with E-state index in [-0.39, 0.29) is 18.5 Å². The van der Waals surface area contributed by atoms with E-state index in [4.69, 9.17) is 28.2 Å². The van der Waals surface area contributed by atoms with Crippen molar-refractivity contribution in [2.24, 2.45) is 0 Å². The van der Waals surface area contributed by atoms with E-state index in [9.17, 15) is 4.79 Å². The van der Waals surface area contributed by atoms with Crippen LogP contribution in [0.1, 0.15) is 13.8 Å². The molecule has 0 aliphatic heterocycles. The van der Waals surface area contributed by atoms with Gasteiger partial charge in [-0.05, 0) is 56.3 Å². The molecule has 0 spiro atoms. The zero-order chi connectivity index (χ0) is 21.3. The van der Waals surface area contributed by atoms with Gasteiger partial charge in [0.2, 0.25) is 5.91 Å². The van der Waals surface area contributed by atoms with Crippen LogP contribution in [0.25, 0.3) is 22.4 Å². The average molecular weight is 438 g/mol. The Morgan fingerprint density at radius 2 is 1.70 bits per heavy atom. The fraction of sp³-hybridized carbons (Fsp3) is 0.167. The van der Waals surface area contributed by atoms with Gasteiger partial charge in [-0.3, -0.25) is 4.79 Å². The van der Waals surface area contributed by atoms with Crippen LogP contribution < -0.4 is 4.90 Å². The van der Waals surface area contributed by atoms with Crippen LogP contribution in [0.5, 0.6) is 0 Å². The highest BCUT2D eigenvalue weighted by atomic mass is 35.5. The Balaban J connectivity index is 1.81. The van der Waals surface area contributed by atoms with Crippen molar-refractivity contribution in [1.82, 2.24) is 9.55 Å². The lowest BCUT2D eigenvalue weighted by Crippen LogP contribution is -2.39. The standard InChI is InChI=1S/C24H21Cl2N3O/c1-16(2)29(18-8-4-3-5-9-18)23(30)15-28-22-11-7-6-10-21(22)27-24(28)19-13-12-17(25)14-20(19)26/h3-14,16H,15H2,1-2H3. The van der Waals surface area contributed by atoms with Crippen molar-refractivity contribution in [3.05, 3.63) is 82.8 Å². The summed E-state index contributed by atoms with van der Waals surface area (Å²) in [7, 11) is 0. The molecule has 0 aliphatic rings. The number of benzene rings is 3. The van der Waals surface area contributed by atoms with Gasteiger partial charge in [0, 0.05) is 22.3 Å². The van der Waals surface area contributed by atoms with E-state index in [0.717, 1.165) is 22.3 Å². The maximum atomic E-state index is 13.4. The summed E-state index contributed by atoms with van der Waals surface area (Å²) in [6.07, 6.45) is 0. The first-order valence-corrected chi connectivity index (χ1v) is 10.5. The molecule has 4 aromatic rings. The molecule has 0 N–H and O–H groups in total. The average Bonchev–Trinajstić information content (AvgIpc) is 3.07. The maximum absolute atomic E-state index is 13.4. The molecule has 1 heterocycles. The fourth-order valence-electron chi connectivity index (χ4n) is 3.64. The van der Waals surface area contributed by atoms with Gasteiger partial charge in [-0.1, -0.05) is 53.5 Å². The second-order valence-corrected chi connectivity index (χ2v) is 8.17. The molecule has 1 amide bonds. The van der Waals surface area contributed by atoms with E-state index in [1.165, 1.54) is 0 Å². The number of carbonyl (C=O) groups is 1. The first-order chi connectivity index (χ1) is 14.5. The molecular formula is C24H21Cl2N3O. The van der Waals surface area contributed by atoms with Crippen molar-refractivity contribution in [2.75, 3.05) is 4.90 Å². The third-order valence-electron chi connectivity index (χ3n) is 4.94. The second kappa shape index (κ2) is 8.50. The first kappa shape index (κ1) is 20.5. The summed E-state index contributed by atoms with van der Waals surface area (Å²) in [6.45, 7) is 4.16. The molecule has 4 nitrogen and oxygen atoms in total. The van der Waals surface area contributed by atoms with Gasteiger partial charge < -0.3 is 9.47 Å². The summed E-state index contributed by atoms with van der Waals surface area (Å²) in [5, 5.41) is 1.05. The summed E-state index contributed by atoms with van der Waals surface area (Å²) in [5.41, 5.74) is 3.29. The van der Waals surface area contributed by atoms with Crippen molar-refractivity contribution >= 4 is 45.8 Å². The van der Waals surface area contributed by atoms with Gasteiger partial charge in [-0.15, -0.1) is 0 Å². The number of carbonyl (C=O) groups excluding carboxylic acids is 1. The van der Waals surface area contributed by atoms with Crippen LogP contribution in [0.15, 0.2) is 72.8 Å². The van der Waals surface area contributed by atoms with E-state index in [1.54, 1.807) is 12.1 Å². The summed E-state index contributed by atoms with van der Waals surface area (Å²) in [6, 6.07) is 22.8. The Morgan fingerprint density at radius 1 is 1.00 bits per heavy atom. The van der Waals surface area contributed by atoms with Crippen LogP contribution in [0.4, 0.5) is 5.69 Å². The Labute approximate surface area is 185 Å². The summed E-state index contributed by atoms with van der Waals surface area (Å²) >= 11 is 12.6. The predicted octanol–water partition coefficient (Wildman–Crippen LogP) is 6.45. The van der Waals surface area contributed by atoms with E-state index in [2.05, 4.69) is 0 Å². The topological polar surface area (TPSA) is 38.1 Å². The van der Waals surface area contributed by atoms with Gasteiger partial charge in [0.15, 0.2) is 0 Å². The molecule has 0 aliphatic carbocycles. The Hall–Kier alpha value is -2.82. The number of anilines is 1. The predicted molar refractivity (Wildman–Crippen MR) is 124 cm³/mol. The van der Waals surface area contributed by atoms with Gasteiger partial charge in [0.1, 0.15) is 12.4 Å². The lowest BCUT2D eigenvalue weighted by molar-refractivity contribution is -0.119. The number of hydrogen-bond donors (Lipinski definition) is 0. The number of amides is 1.